The number of nitrogens with zero attached hydrogens (tertiary/aromatic N) is 2. The lowest BCUT2D eigenvalue weighted by atomic mass is 10.0. The van der Waals surface area contributed by atoms with Crippen molar-refractivity contribution in [3.63, 3.8) is 0 Å². The molecule has 2 fully saturated rings. The van der Waals surface area contributed by atoms with Crippen LogP contribution < -0.4 is 0 Å². The number of sulfonamides is 1. The molecule has 0 N–H and O–H groups in total. The standard InChI is InChI=1S/C19H30N2O4S2/c1-16(2)14-20-12-13-26(22,23)19-9-11-21(10-8-18(19)20)27(24,25)15-17-6-4-3-5-7-17/h3-7,16,18-19H,8-15H2,1-2H3/t18-,19+/m0/s1. The van der Waals surface area contributed by atoms with Crippen LogP contribution in [0, 0.1) is 5.92 Å². The number of hydrogen-bond acceptors (Lipinski definition) is 5. The zero-order valence-electron chi connectivity index (χ0n) is 16.1. The lowest BCUT2D eigenvalue weighted by Gasteiger charge is -2.40. The van der Waals surface area contributed by atoms with Crippen molar-refractivity contribution in [3.05, 3.63) is 35.9 Å². The van der Waals surface area contributed by atoms with E-state index in [1.165, 1.54) is 4.31 Å². The third-order valence-corrected chi connectivity index (χ3v) is 9.62. The molecule has 2 saturated heterocycles. The van der Waals surface area contributed by atoms with Gasteiger partial charge in [-0.3, -0.25) is 4.90 Å². The lowest BCUT2D eigenvalue weighted by molar-refractivity contribution is 0.163. The number of fused-ring (bicyclic) bond motifs is 1. The zero-order valence-corrected chi connectivity index (χ0v) is 17.8. The van der Waals surface area contributed by atoms with E-state index in [0.29, 0.717) is 31.8 Å². The first kappa shape index (κ1) is 20.8. The van der Waals surface area contributed by atoms with Gasteiger partial charge in [0.05, 0.1) is 16.8 Å². The SMILES string of the molecule is CC(C)CN1CCS(=O)(=O)[C@@H]2CCN(S(=O)(=O)Cc3ccccc3)CC[C@@H]21. The molecule has 0 amide bonds. The molecule has 0 aromatic heterocycles. The van der Waals surface area contributed by atoms with Crippen molar-refractivity contribution in [3.8, 4) is 0 Å². The van der Waals surface area contributed by atoms with Crippen LogP contribution in [0.4, 0.5) is 0 Å². The molecule has 0 radical (unpaired) electrons. The fourth-order valence-electron chi connectivity index (χ4n) is 4.29. The van der Waals surface area contributed by atoms with Gasteiger partial charge in [0.2, 0.25) is 10.0 Å². The predicted molar refractivity (Wildman–Crippen MR) is 108 cm³/mol. The Kier molecular flexibility index (Phi) is 6.30. The third kappa shape index (κ3) is 4.91. The highest BCUT2D eigenvalue weighted by Gasteiger charge is 2.44. The molecule has 2 heterocycles. The second-order valence-electron chi connectivity index (χ2n) is 8.08. The maximum Gasteiger partial charge on any atom is 0.218 e. The molecule has 152 valence electrons. The Morgan fingerprint density at radius 3 is 2.41 bits per heavy atom. The fourth-order valence-corrected chi connectivity index (χ4v) is 7.89. The Bertz CT molecular complexity index is 838. The monoisotopic (exact) mass is 414 g/mol. The Balaban J connectivity index is 1.78. The van der Waals surface area contributed by atoms with Crippen LogP contribution in [0.2, 0.25) is 0 Å². The summed E-state index contributed by atoms with van der Waals surface area (Å²) in [5.74, 6) is 0.594. The van der Waals surface area contributed by atoms with Crippen molar-refractivity contribution in [2.24, 2.45) is 5.92 Å². The minimum absolute atomic E-state index is 0.0361. The van der Waals surface area contributed by atoms with Crippen LogP contribution in [0.3, 0.4) is 0 Å². The number of benzene rings is 1. The maximum absolute atomic E-state index is 12.9. The Morgan fingerprint density at radius 1 is 1.07 bits per heavy atom. The summed E-state index contributed by atoms with van der Waals surface area (Å²) in [4.78, 5) is 2.27. The molecule has 1 aromatic rings. The zero-order chi connectivity index (χ0) is 19.7. The normalized spacial score (nSPS) is 27.2. The molecule has 6 nitrogen and oxygen atoms in total. The van der Waals surface area contributed by atoms with E-state index in [2.05, 4.69) is 18.7 Å². The van der Waals surface area contributed by atoms with Crippen LogP contribution in [0.25, 0.3) is 0 Å². The van der Waals surface area contributed by atoms with E-state index in [9.17, 15) is 16.8 Å². The molecule has 0 spiro atoms. The fraction of sp³-hybridized carbons (Fsp3) is 0.684. The van der Waals surface area contributed by atoms with E-state index in [1.54, 1.807) is 0 Å². The van der Waals surface area contributed by atoms with Crippen LogP contribution in [-0.2, 0) is 25.6 Å². The highest BCUT2D eigenvalue weighted by molar-refractivity contribution is 7.92. The van der Waals surface area contributed by atoms with E-state index in [-0.39, 0.29) is 24.1 Å². The van der Waals surface area contributed by atoms with Crippen LogP contribution in [0.1, 0.15) is 32.3 Å². The minimum atomic E-state index is -3.46. The Morgan fingerprint density at radius 2 is 1.74 bits per heavy atom. The molecule has 0 aliphatic carbocycles. The summed E-state index contributed by atoms with van der Waals surface area (Å²) in [5.41, 5.74) is 0.758. The molecule has 0 unspecified atom stereocenters. The number of rotatable bonds is 5. The molecule has 2 aliphatic heterocycles. The third-order valence-electron chi connectivity index (χ3n) is 5.54. The number of hydrogen-bond donors (Lipinski definition) is 0. The minimum Gasteiger partial charge on any atom is -0.298 e. The average Bonchev–Trinajstić information content (AvgIpc) is 2.82. The van der Waals surface area contributed by atoms with Crippen LogP contribution in [-0.4, -0.2) is 69.3 Å². The van der Waals surface area contributed by atoms with Gasteiger partial charge < -0.3 is 0 Å². The van der Waals surface area contributed by atoms with Gasteiger partial charge in [0, 0.05) is 32.2 Å². The Labute approximate surface area is 163 Å². The van der Waals surface area contributed by atoms with Gasteiger partial charge >= 0.3 is 0 Å². The van der Waals surface area contributed by atoms with E-state index in [4.69, 9.17) is 0 Å². The highest BCUT2D eigenvalue weighted by Crippen LogP contribution is 2.30. The summed E-state index contributed by atoms with van der Waals surface area (Å²) in [6.45, 7) is 6.34. The molecular weight excluding hydrogens is 384 g/mol. The van der Waals surface area contributed by atoms with Crippen LogP contribution in [0.5, 0.6) is 0 Å². The van der Waals surface area contributed by atoms with Crippen molar-refractivity contribution in [2.75, 3.05) is 31.9 Å². The molecule has 0 saturated carbocycles. The second kappa shape index (κ2) is 8.19. The largest absolute Gasteiger partial charge is 0.298 e. The maximum atomic E-state index is 12.9. The summed E-state index contributed by atoms with van der Waals surface area (Å²) < 4.78 is 52.6. The van der Waals surface area contributed by atoms with Gasteiger partial charge in [-0.1, -0.05) is 44.2 Å². The van der Waals surface area contributed by atoms with E-state index >= 15 is 0 Å². The smallest absolute Gasteiger partial charge is 0.218 e. The van der Waals surface area contributed by atoms with Gasteiger partial charge in [-0.25, -0.2) is 21.1 Å². The summed E-state index contributed by atoms with van der Waals surface area (Å²) in [6.07, 6.45) is 0.959. The second-order valence-corrected chi connectivity index (χ2v) is 12.4. The van der Waals surface area contributed by atoms with E-state index in [1.807, 2.05) is 30.3 Å². The highest BCUT2D eigenvalue weighted by atomic mass is 32.2. The summed E-state index contributed by atoms with van der Waals surface area (Å²) >= 11 is 0. The van der Waals surface area contributed by atoms with Crippen LogP contribution in [0.15, 0.2) is 30.3 Å². The van der Waals surface area contributed by atoms with E-state index < -0.39 is 25.1 Å². The van der Waals surface area contributed by atoms with Gasteiger partial charge in [-0.2, -0.15) is 0 Å². The molecular formula is C19H30N2O4S2. The van der Waals surface area contributed by atoms with Gasteiger partial charge in [-0.15, -0.1) is 0 Å². The van der Waals surface area contributed by atoms with Gasteiger partial charge in [0.1, 0.15) is 0 Å². The average molecular weight is 415 g/mol. The van der Waals surface area contributed by atoms with Crippen molar-refractivity contribution in [1.29, 1.82) is 0 Å². The molecule has 8 heteroatoms. The van der Waals surface area contributed by atoms with Crippen molar-refractivity contribution in [2.45, 2.75) is 43.7 Å². The first-order chi connectivity index (χ1) is 12.7. The summed E-state index contributed by atoms with van der Waals surface area (Å²) in [6, 6.07) is 9.06. The van der Waals surface area contributed by atoms with Gasteiger partial charge in [0.15, 0.2) is 9.84 Å². The molecule has 1 aromatic carbocycles. The summed E-state index contributed by atoms with van der Waals surface area (Å²) in [7, 11) is -6.63. The molecule has 27 heavy (non-hydrogen) atoms. The van der Waals surface area contributed by atoms with Crippen LogP contribution >= 0.6 is 0 Å². The number of sulfone groups is 1. The van der Waals surface area contributed by atoms with Crippen molar-refractivity contribution in [1.82, 2.24) is 9.21 Å². The first-order valence-electron chi connectivity index (χ1n) is 9.66. The molecule has 2 aliphatic rings. The molecule has 0 bridgehead atoms. The summed E-state index contributed by atoms with van der Waals surface area (Å²) in [5, 5.41) is -0.457. The predicted octanol–water partition coefficient (Wildman–Crippen LogP) is 1.74. The van der Waals surface area contributed by atoms with Gasteiger partial charge in [-0.05, 0) is 24.3 Å². The van der Waals surface area contributed by atoms with Gasteiger partial charge in [0.25, 0.3) is 0 Å². The quantitative estimate of drug-likeness (QED) is 0.734. The van der Waals surface area contributed by atoms with Crippen molar-refractivity contribution >= 4 is 19.9 Å². The lowest BCUT2D eigenvalue weighted by Crippen LogP contribution is -2.55. The first-order valence-corrected chi connectivity index (χ1v) is 13.0. The van der Waals surface area contributed by atoms with E-state index in [0.717, 1.165) is 12.1 Å². The molecule has 2 atom stereocenters. The topological polar surface area (TPSA) is 74.8 Å². The van der Waals surface area contributed by atoms with Crippen molar-refractivity contribution < 1.29 is 16.8 Å². The Hall–Kier alpha value is -0.960. The molecule has 3 rings (SSSR count).